The molecule has 136 valence electrons. The third-order valence-electron chi connectivity index (χ3n) is 4.30. The lowest BCUT2D eigenvalue weighted by atomic mass is 10.1. The number of aryl methyl sites for hydroxylation is 1. The first-order chi connectivity index (χ1) is 11.7. The number of hydrogen-bond donors (Lipinski definition) is 1. The number of anilines is 1. The monoisotopic (exact) mass is 356 g/mol. The van der Waals surface area contributed by atoms with E-state index >= 15 is 0 Å². The van der Waals surface area contributed by atoms with Gasteiger partial charge in [-0.25, -0.2) is 0 Å². The predicted octanol–water partition coefficient (Wildman–Crippen LogP) is 2.89. The van der Waals surface area contributed by atoms with Crippen molar-refractivity contribution in [3.05, 3.63) is 23.8 Å². The number of carbonyl (C=O) groups is 2. The van der Waals surface area contributed by atoms with E-state index in [0.29, 0.717) is 12.1 Å². The van der Waals surface area contributed by atoms with Crippen LogP contribution in [0, 0.1) is 12.8 Å². The predicted molar refractivity (Wildman–Crippen MR) is 84.2 cm³/mol. The van der Waals surface area contributed by atoms with Crippen molar-refractivity contribution in [3.8, 4) is 5.75 Å². The number of likely N-dealkylation sites (tertiary alicyclic amines) is 1. The summed E-state index contributed by atoms with van der Waals surface area (Å²) in [6.45, 7) is 0.645. The minimum Gasteiger partial charge on any atom is -0.482 e. The molecule has 0 bridgehead atoms. The highest BCUT2D eigenvalue weighted by Gasteiger charge is 2.41. The molecule has 0 aromatic heterocycles. The quantitative estimate of drug-likeness (QED) is 0.883. The summed E-state index contributed by atoms with van der Waals surface area (Å²) < 4.78 is 42.0. The molecule has 1 atom stereocenters. The minimum absolute atomic E-state index is 0.0333. The van der Waals surface area contributed by atoms with Crippen molar-refractivity contribution in [1.29, 1.82) is 0 Å². The molecule has 2 amide bonds. The normalized spacial score (nSPS) is 20.7. The van der Waals surface area contributed by atoms with Gasteiger partial charge in [0.05, 0.1) is 11.6 Å². The number of halogens is 3. The van der Waals surface area contributed by atoms with Gasteiger partial charge in [-0.1, -0.05) is 6.07 Å². The smallest absolute Gasteiger partial charge is 0.422 e. The highest BCUT2D eigenvalue weighted by Crippen LogP contribution is 2.34. The Hall–Kier alpha value is -2.25. The van der Waals surface area contributed by atoms with Gasteiger partial charge in [-0.3, -0.25) is 9.59 Å². The molecule has 25 heavy (non-hydrogen) atoms. The summed E-state index contributed by atoms with van der Waals surface area (Å²) in [6.07, 6.45) is -2.40. The average Bonchev–Trinajstić information content (AvgIpc) is 3.29. The number of amides is 2. The molecule has 0 radical (unpaired) electrons. The summed E-state index contributed by atoms with van der Waals surface area (Å²) >= 11 is 0. The number of hydrogen-bond acceptors (Lipinski definition) is 3. The molecule has 1 aliphatic carbocycles. The zero-order valence-corrected chi connectivity index (χ0v) is 13.7. The molecular weight excluding hydrogens is 337 g/mol. The van der Waals surface area contributed by atoms with Crippen LogP contribution in [0.15, 0.2) is 18.2 Å². The number of alkyl halides is 3. The molecule has 5 nitrogen and oxygen atoms in total. The number of ether oxygens (including phenoxy) is 1. The van der Waals surface area contributed by atoms with Crippen LogP contribution in [-0.4, -0.2) is 42.1 Å². The van der Waals surface area contributed by atoms with Gasteiger partial charge >= 0.3 is 6.18 Å². The largest absolute Gasteiger partial charge is 0.482 e. The fourth-order valence-electron chi connectivity index (χ4n) is 2.89. The average molecular weight is 356 g/mol. The van der Waals surface area contributed by atoms with Gasteiger partial charge in [-0.15, -0.1) is 0 Å². The SMILES string of the molecule is Cc1ccc(NC(=O)[C@@H]2CC(=O)N(C3CC3)C2)c(OCC(F)(F)F)c1. The second kappa shape index (κ2) is 6.57. The van der Waals surface area contributed by atoms with Gasteiger partial charge in [-0.2, -0.15) is 13.2 Å². The van der Waals surface area contributed by atoms with Crippen molar-refractivity contribution in [2.75, 3.05) is 18.5 Å². The molecule has 8 heteroatoms. The minimum atomic E-state index is -4.46. The number of nitrogens with one attached hydrogen (secondary N) is 1. The summed E-state index contributed by atoms with van der Waals surface area (Å²) in [5, 5.41) is 2.61. The molecular formula is C17H19F3N2O3. The lowest BCUT2D eigenvalue weighted by Crippen LogP contribution is -2.30. The van der Waals surface area contributed by atoms with Crippen LogP contribution in [0.2, 0.25) is 0 Å². The van der Waals surface area contributed by atoms with Crippen LogP contribution < -0.4 is 10.1 Å². The summed E-state index contributed by atoms with van der Waals surface area (Å²) in [6, 6.07) is 4.87. The molecule has 0 spiro atoms. The van der Waals surface area contributed by atoms with E-state index in [1.165, 1.54) is 12.1 Å². The van der Waals surface area contributed by atoms with Crippen molar-refractivity contribution in [3.63, 3.8) is 0 Å². The molecule has 1 saturated carbocycles. The Bertz CT molecular complexity index is 686. The Kier molecular flexibility index (Phi) is 4.62. The number of rotatable bonds is 5. The first-order valence-corrected chi connectivity index (χ1v) is 8.13. The van der Waals surface area contributed by atoms with Gasteiger partial charge in [0.25, 0.3) is 0 Å². The zero-order valence-electron chi connectivity index (χ0n) is 13.7. The first-order valence-electron chi connectivity index (χ1n) is 8.13. The van der Waals surface area contributed by atoms with Crippen LogP contribution in [-0.2, 0) is 9.59 Å². The topological polar surface area (TPSA) is 58.6 Å². The second-order valence-electron chi connectivity index (χ2n) is 6.57. The Morgan fingerprint density at radius 1 is 1.36 bits per heavy atom. The third-order valence-corrected chi connectivity index (χ3v) is 4.30. The maximum absolute atomic E-state index is 12.4. The highest BCUT2D eigenvalue weighted by molar-refractivity contribution is 5.98. The molecule has 2 aliphatic rings. The Labute approximate surface area is 143 Å². The van der Waals surface area contributed by atoms with E-state index < -0.39 is 18.7 Å². The van der Waals surface area contributed by atoms with Crippen LogP contribution in [0.1, 0.15) is 24.8 Å². The molecule has 1 N–H and O–H groups in total. The number of carbonyl (C=O) groups excluding carboxylic acids is 2. The second-order valence-corrected chi connectivity index (χ2v) is 6.57. The van der Waals surface area contributed by atoms with E-state index in [1.54, 1.807) is 17.9 Å². The lowest BCUT2D eigenvalue weighted by Gasteiger charge is -2.17. The fraction of sp³-hybridized carbons (Fsp3) is 0.529. The van der Waals surface area contributed by atoms with Crippen molar-refractivity contribution in [2.24, 2.45) is 5.92 Å². The molecule has 1 aromatic carbocycles. The standard InChI is InChI=1S/C17H19F3N2O3/c1-10-2-5-13(14(6-10)25-9-17(18,19)20)21-16(24)11-7-15(23)22(8-11)12-3-4-12/h2,5-6,11-12H,3-4,7-9H2,1H3,(H,21,24)/t11-/m1/s1. The molecule has 1 aliphatic heterocycles. The summed E-state index contributed by atoms with van der Waals surface area (Å²) in [7, 11) is 0. The van der Waals surface area contributed by atoms with Crippen molar-refractivity contribution in [1.82, 2.24) is 4.90 Å². The fourth-order valence-corrected chi connectivity index (χ4v) is 2.89. The van der Waals surface area contributed by atoms with Gasteiger partial charge in [-0.05, 0) is 37.5 Å². The summed E-state index contributed by atoms with van der Waals surface area (Å²) in [4.78, 5) is 26.1. The van der Waals surface area contributed by atoms with E-state index in [1.807, 2.05) is 0 Å². The Balaban J connectivity index is 1.67. The van der Waals surface area contributed by atoms with Gasteiger partial charge in [0.1, 0.15) is 5.75 Å². The van der Waals surface area contributed by atoms with Crippen molar-refractivity contribution in [2.45, 2.75) is 38.4 Å². The van der Waals surface area contributed by atoms with E-state index in [2.05, 4.69) is 5.32 Å². The molecule has 3 rings (SSSR count). The Morgan fingerprint density at radius 3 is 2.72 bits per heavy atom. The van der Waals surface area contributed by atoms with E-state index in [9.17, 15) is 22.8 Å². The zero-order chi connectivity index (χ0) is 18.2. The van der Waals surface area contributed by atoms with Crippen molar-refractivity contribution < 1.29 is 27.5 Å². The van der Waals surface area contributed by atoms with Gasteiger partial charge < -0.3 is 15.0 Å². The molecule has 1 heterocycles. The maximum Gasteiger partial charge on any atom is 0.422 e. The van der Waals surface area contributed by atoms with Crippen LogP contribution >= 0.6 is 0 Å². The molecule has 1 saturated heterocycles. The van der Waals surface area contributed by atoms with E-state index in [4.69, 9.17) is 4.74 Å². The van der Waals surface area contributed by atoms with Gasteiger partial charge in [0.15, 0.2) is 6.61 Å². The van der Waals surface area contributed by atoms with Gasteiger partial charge in [0, 0.05) is 19.0 Å². The van der Waals surface area contributed by atoms with Crippen LogP contribution in [0.5, 0.6) is 5.75 Å². The van der Waals surface area contributed by atoms with E-state index in [-0.39, 0.29) is 35.7 Å². The number of benzene rings is 1. The van der Waals surface area contributed by atoms with Crippen LogP contribution in [0.4, 0.5) is 18.9 Å². The summed E-state index contributed by atoms with van der Waals surface area (Å²) in [5.74, 6) is -0.948. The van der Waals surface area contributed by atoms with E-state index in [0.717, 1.165) is 12.8 Å². The molecule has 1 aromatic rings. The number of nitrogens with zero attached hydrogens (tertiary/aromatic N) is 1. The van der Waals surface area contributed by atoms with Crippen molar-refractivity contribution >= 4 is 17.5 Å². The van der Waals surface area contributed by atoms with Crippen LogP contribution in [0.25, 0.3) is 0 Å². The summed E-state index contributed by atoms with van der Waals surface area (Å²) in [5.41, 5.74) is 0.892. The molecule has 2 fully saturated rings. The highest BCUT2D eigenvalue weighted by atomic mass is 19.4. The Morgan fingerprint density at radius 2 is 2.08 bits per heavy atom. The lowest BCUT2D eigenvalue weighted by molar-refractivity contribution is -0.153. The third kappa shape index (κ3) is 4.43. The van der Waals surface area contributed by atoms with Gasteiger partial charge in [0.2, 0.25) is 11.8 Å². The first kappa shape index (κ1) is 17.6. The van der Waals surface area contributed by atoms with Crippen LogP contribution in [0.3, 0.4) is 0 Å². The molecule has 0 unspecified atom stereocenters. The maximum atomic E-state index is 12.4.